The van der Waals surface area contributed by atoms with Crippen LogP contribution in [-0.4, -0.2) is 47.4 Å². The monoisotopic (exact) mass is 341 g/mol. The summed E-state index contributed by atoms with van der Waals surface area (Å²) in [5, 5.41) is 8.57. The van der Waals surface area contributed by atoms with Crippen molar-refractivity contribution >= 4 is 36.3 Å². The molecule has 9 nitrogen and oxygen atoms in total. The van der Waals surface area contributed by atoms with Crippen LogP contribution in [0.25, 0.3) is 0 Å². The van der Waals surface area contributed by atoms with Crippen molar-refractivity contribution in [1.82, 2.24) is 0 Å². The van der Waals surface area contributed by atoms with Crippen molar-refractivity contribution in [2.75, 3.05) is 0 Å². The van der Waals surface area contributed by atoms with Crippen molar-refractivity contribution in [2.45, 2.75) is 38.1 Å². The van der Waals surface area contributed by atoms with Crippen LogP contribution in [0.15, 0.2) is 12.2 Å². The molecule has 0 bridgehead atoms. The molecule has 3 N–H and O–H groups in total. The lowest BCUT2D eigenvalue weighted by molar-refractivity contribution is -0.155. The Balaban J connectivity index is 4.32. The number of hydrogen-bond donors (Lipinski definition) is 2. The van der Waals surface area contributed by atoms with Crippen LogP contribution >= 0.6 is 0 Å². The third-order valence-electron chi connectivity index (χ3n) is 3.09. The number of hydrogen-bond acceptors (Lipinski definition) is 8. The van der Waals surface area contributed by atoms with E-state index in [0.29, 0.717) is 6.29 Å². The lowest BCUT2D eigenvalue weighted by Gasteiger charge is -2.09. The molecule has 0 rings (SSSR count). The lowest BCUT2D eigenvalue weighted by atomic mass is 9.98. The molecule has 0 aliphatic carbocycles. The second-order valence-corrected chi connectivity index (χ2v) is 4.92. The van der Waals surface area contributed by atoms with Crippen LogP contribution in [0.3, 0.4) is 0 Å². The van der Waals surface area contributed by atoms with E-state index >= 15 is 0 Å². The lowest BCUT2D eigenvalue weighted by Crippen LogP contribution is -2.30. The van der Waals surface area contributed by atoms with Crippen LogP contribution in [0.4, 0.5) is 0 Å². The third-order valence-corrected chi connectivity index (χ3v) is 3.09. The highest BCUT2D eigenvalue weighted by atomic mass is 16.6. The van der Waals surface area contributed by atoms with Gasteiger partial charge in [0.25, 0.3) is 0 Å². The van der Waals surface area contributed by atoms with E-state index in [1.54, 1.807) is 0 Å². The highest BCUT2D eigenvalue weighted by Gasteiger charge is 2.20. The zero-order chi connectivity index (χ0) is 18.5. The van der Waals surface area contributed by atoms with Gasteiger partial charge >= 0.3 is 18.4 Å². The molecule has 2 atom stereocenters. The van der Waals surface area contributed by atoms with E-state index in [-0.39, 0.29) is 38.6 Å². The quantitative estimate of drug-likeness (QED) is 0.196. The zero-order valence-corrected chi connectivity index (χ0v) is 12.9. The average molecular weight is 341 g/mol. The van der Waals surface area contributed by atoms with Crippen molar-refractivity contribution in [3.8, 4) is 0 Å². The van der Waals surface area contributed by atoms with Gasteiger partial charge < -0.3 is 20.4 Å². The zero-order valence-electron chi connectivity index (χ0n) is 12.9. The topological polar surface area (TPSA) is 158 Å². The first-order chi connectivity index (χ1) is 11.3. The highest BCUT2D eigenvalue weighted by molar-refractivity contribution is 5.98. The molecule has 0 aromatic rings. The van der Waals surface area contributed by atoms with Gasteiger partial charge in [-0.2, -0.15) is 0 Å². The highest BCUT2D eigenvalue weighted by Crippen LogP contribution is 2.12. The molecule has 0 saturated heterocycles. The average Bonchev–Trinajstić information content (AvgIpc) is 2.54. The summed E-state index contributed by atoms with van der Waals surface area (Å²) in [5.74, 6) is -3.93. The maximum absolute atomic E-state index is 11.6. The fourth-order valence-electron chi connectivity index (χ4n) is 1.68. The summed E-state index contributed by atoms with van der Waals surface area (Å²) in [5.41, 5.74) is 5.24. The van der Waals surface area contributed by atoms with Gasteiger partial charge in [0.15, 0.2) is 11.6 Å². The first-order valence-corrected chi connectivity index (χ1v) is 7.11. The number of esters is 1. The summed E-state index contributed by atoms with van der Waals surface area (Å²) in [6, 6.07) is -1.15. The van der Waals surface area contributed by atoms with Crippen LogP contribution in [0, 0.1) is 5.92 Å². The van der Waals surface area contributed by atoms with E-state index in [1.807, 2.05) is 0 Å². The van der Waals surface area contributed by atoms with Crippen LogP contribution in [0.5, 0.6) is 0 Å². The molecule has 9 heteroatoms. The molecule has 2 unspecified atom stereocenters. The Morgan fingerprint density at radius 1 is 1.00 bits per heavy atom. The maximum Gasteiger partial charge on any atom is 0.320 e. The first kappa shape index (κ1) is 21.3. The number of carboxylic acids is 1. The molecule has 0 aliphatic rings. The number of allylic oxidation sites excluding steroid dienone is 2. The molecule has 0 amide bonds. The van der Waals surface area contributed by atoms with Crippen LogP contribution in [0.2, 0.25) is 0 Å². The predicted molar refractivity (Wildman–Crippen MR) is 79.6 cm³/mol. The summed E-state index contributed by atoms with van der Waals surface area (Å²) >= 11 is 0. The smallest absolute Gasteiger partial charge is 0.320 e. The van der Waals surface area contributed by atoms with E-state index in [9.17, 15) is 28.8 Å². The number of aliphatic carboxylic acids is 1. The van der Waals surface area contributed by atoms with Gasteiger partial charge in [0.05, 0.1) is 5.92 Å². The van der Waals surface area contributed by atoms with Gasteiger partial charge in [0, 0.05) is 19.3 Å². The molecule has 0 fully saturated rings. The predicted octanol–water partition coefficient (Wildman–Crippen LogP) is -0.442. The first-order valence-electron chi connectivity index (χ1n) is 7.11. The fraction of sp³-hybridized carbons (Fsp3) is 0.467. The molecule has 0 radical (unpaired) electrons. The van der Waals surface area contributed by atoms with Crippen molar-refractivity contribution in [3.63, 3.8) is 0 Å². The van der Waals surface area contributed by atoms with Gasteiger partial charge in [-0.15, -0.1) is 0 Å². The van der Waals surface area contributed by atoms with Crippen molar-refractivity contribution in [3.05, 3.63) is 12.2 Å². The SMILES string of the molecule is NC(CCC(=O)/C=C/C(=O)CCC(CC=O)C(=O)OC=O)C(=O)O. The van der Waals surface area contributed by atoms with Crippen LogP contribution in [-0.2, 0) is 33.5 Å². The second kappa shape index (κ2) is 11.8. The number of ether oxygens (including phenoxy) is 1. The minimum absolute atomic E-state index is 0.00728. The Morgan fingerprint density at radius 2 is 1.54 bits per heavy atom. The molecule has 132 valence electrons. The number of aldehydes is 1. The minimum Gasteiger partial charge on any atom is -0.480 e. The minimum atomic E-state index is -1.22. The Labute approximate surface area is 137 Å². The second-order valence-electron chi connectivity index (χ2n) is 4.92. The Morgan fingerprint density at radius 3 is 2.00 bits per heavy atom. The van der Waals surface area contributed by atoms with Crippen molar-refractivity contribution in [2.24, 2.45) is 11.7 Å². The largest absolute Gasteiger partial charge is 0.480 e. The molecule has 0 spiro atoms. The summed E-state index contributed by atoms with van der Waals surface area (Å²) in [7, 11) is 0. The third kappa shape index (κ3) is 9.36. The van der Waals surface area contributed by atoms with E-state index in [4.69, 9.17) is 10.8 Å². The van der Waals surface area contributed by atoms with Gasteiger partial charge in [0.1, 0.15) is 12.3 Å². The van der Waals surface area contributed by atoms with Gasteiger partial charge in [-0.3, -0.25) is 24.0 Å². The number of nitrogens with two attached hydrogens (primary N) is 1. The molecule has 24 heavy (non-hydrogen) atoms. The summed E-state index contributed by atoms with van der Waals surface area (Å²) < 4.78 is 4.14. The summed E-state index contributed by atoms with van der Waals surface area (Å²) in [4.78, 5) is 65.5. The normalized spacial score (nSPS) is 13.0. The van der Waals surface area contributed by atoms with E-state index in [0.717, 1.165) is 12.2 Å². The molecule has 0 aliphatic heterocycles. The van der Waals surface area contributed by atoms with Crippen LogP contribution in [0.1, 0.15) is 32.1 Å². The van der Waals surface area contributed by atoms with Gasteiger partial charge in [-0.05, 0) is 25.0 Å². The number of carbonyl (C=O) groups is 6. The van der Waals surface area contributed by atoms with Gasteiger partial charge in [-0.25, -0.2) is 0 Å². The standard InChI is InChI=1S/C15H19NO8/c16-13(14(21)22)6-5-12(20)4-3-11(19)2-1-10(7-8-17)15(23)24-9-18/h3-4,8-10,13H,1-2,5-7,16H2,(H,21,22)/b4-3+. The Kier molecular flexibility index (Phi) is 10.5. The molecule has 0 heterocycles. The van der Waals surface area contributed by atoms with E-state index < -0.39 is 35.5 Å². The molecule has 0 saturated carbocycles. The summed E-state index contributed by atoms with van der Waals surface area (Å²) in [6.45, 7) is -0.0532. The van der Waals surface area contributed by atoms with E-state index in [1.165, 1.54) is 0 Å². The summed E-state index contributed by atoms with van der Waals surface area (Å²) in [6.07, 6.45) is 2.02. The molecule has 0 aromatic carbocycles. The molecular weight excluding hydrogens is 322 g/mol. The van der Waals surface area contributed by atoms with Gasteiger partial charge in [-0.1, -0.05) is 0 Å². The van der Waals surface area contributed by atoms with Crippen molar-refractivity contribution < 1.29 is 38.6 Å². The van der Waals surface area contributed by atoms with Crippen molar-refractivity contribution in [1.29, 1.82) is 0 Å². The fourth-order valence-corrected chi connectivity index (χ4v) is 1.68. The number of carbonyl (C=O) groups excluding carboxylic acids is 5. The maximum atomic E-state index is 11.6. The molecular formula is C15H19NO8. The number of carboxylic acid groups (broad SMARTS) is 1. The Hall–Kier alpha value is -2.68. The van der Waals surface area contributed by atoms with Crippen LogP contribution < -0.4 is 5.73 Å². The number of ketones is 2. The number of rotatable bonds is 13. The Bertz CT molecular complexity index is 526. The molecule has 0 aromatic heterocycles. The van der Waals surface area contributed by atoms with E-state index in [2.05, 4.69) is 4.74 Å². The van der Waals surface area contributed by atoms with Gasteiger partial charge in [0.2, 0.25) is 0 Å².